The lowest BCUT2D eigenvalue weighted by molar-refractivity contribution is 0.115. The van der Waals surface area contributed by atoms with Crippen molar-refractivity contribution in [2.24, 2.45) is 0 Å². The summed E-state index contributed by atoms with van der Waals surface area (Å²) in [5.74, 6) is -1.09. The molecule has 0 saturated heterocycles. The van der Waals surface area contributed by atoms with Gasteiger partial charge in [0.15, 0.2) is 0 Å². The van der Waals surface area contributed by atoms with Crippen LogP contribution in [-0.4, -0.2) is 23.4 Å². The van der Waals surface area contributed by atoms with E-state index < -0.39 is 17.0 Å². The van der Waals surface area contributed by atoms with Crippen molar-refractivity contribution in [1.29, 1.82) is 0 Å². The Labute approximate surface area is 122 Å². The topological polar surface area (TPSA) is 40.5 Å². The summed E-state index contributed by atoms with van der Waals surface area (Å²) >= 11 is 0. The second-order valence-corrected chi connectivity index (χ2v) is 5.38. The zero-order chi connectivity index (χ0) is 15.5. The minimum Gasteiger partial charge on any atom is -0.395 e. The van der Waals surface area contributed by atoms with Crippen LogP contribution < -0.4 is 0 Å². The smallest absolute Gasteiger partial charge is 0.126 e. The van der Waals surface area contributed by atoms with Crippen LogP contribution in [0.4, 0.5) is 8.78 Å². The van der Waals surface area contributed by atoms with E-state index >= 15 is 0 Å². The van der Waals surface area contributed by atoms with Gasteiger partial charge in [0, 0.05) is 5.41 Å². The van der Waals surface area contributed by atoms with Gasteiger partial charge in [-0.15, -0.1) is 0 Å². The van der Waals surface area contributed by atoms with Gasteiger partial charge in [0.05, 0.1) is 13.2 Å². The van der Waals surface area contributed by atoms with E-state index in [0.717, 1.165) is 23.8 Å². The zero-order valence-corrected chi connectivity index (χ0v) is 11.8. The van der Waals surface area contributed by atoms with Crippen LogP contribution in [0.15, 0.2) is 42.5 Å². The molecule has 0 amide bonds. The highest BCUT2D eigenvalue weighted by molar-refractivity contribution is 5.33. The molecule has 2 N–H and O–H groups in total. The summed E-state index contributed by atoms with van der Waals surface area (Å²) in [4.78, 5) is 0. The van der Waals surface area contributed by atoms with Crippen LogP contribution in [0.5, 0.6) is 0 Å². The first-order valence-corrected chi connectivity index (χ1v) is 6.73. The Morgan fingerprint density at radius 2 is 1.71 bits per heavy atom. The van der Waals surface area contributed by atoms with Gasteiger partial charge in [-0.3, -0.25) is 0 Å². The van der Waals surface area contributed by atoms with E-state index in [4.69, 9.17) is 0 Å². The van der Waals surface area contributed by atoms with Crippen LogP contribution >= 0.6 is 0 Å². The highest BCUT2D eigenvalue weighted by atomic mass is 19.1. The molecule has 2 aromatic carbocycles. The normalized spacial score (nSPS) is 11.7. The predicted molar refractivity (Wildman–Crippen MR) is 77.1 cm³/mol. The number of rotatable bonds is 5. The molecule has 0 bridgehead atoms. The Hall–Kier alpha value is -1.78. The molecule has 0 saturated carbocycles. The summed E-state index contributed by atoms with van der Waals surface area (Å²) in [5, 5.41) is 19.5. The highest BCUT2D eigenvalue weighted by Gasteiger charge is 2.32. The molecule has 0 spiro atoms. The average Bonchev–Trinajstić information content (AvgIpc) is 2.48. The van der Waals surface area contributed by atoms with E-state index in [1.807, 2.05) is 25.1 Å². The lowest BCUT2D eigenvalue weighted by Gasteiger charge is -2.31. The van der Waals surface area contributed by atoms with Crippen molar-refractivity contribution in [3.05, 3.63) is 70.8 Å². The van der Waals surface area contributed by atoms with Gasteiger partial charge in [-0.1, -0.05) is 29.8 Å². The largest absolute Gasteiger partial charge is 0.395 e. The summed E-state index contributed by atoms with van der Waals surface area (Å²) in [6.45, 7) is 1.18. The molecule has 0 aliphatic rings. The fourth-order valence-electron chi connectivity index (χ4n) is 2.46. The van der Waals surface area contributed by atoms with Crippen LogP contribution in [0.2, 0.25) is 0 Å². The number of hydrogen-bond acceptors (Lipinski definition) is 2. The second kappa shape index (κ2) is 6.33. The highest BCUT2D eigenvalue weighted by Crippen LogP contribution is 2.30. The third-order valence-electron chi connectivity index (χ3n) is 3.77. The van der Waals surface area contributed by atoms with Crippen molar-refractivity contribution < 1.29 is 19.0 Å². The molecule has 0 fully saturated rings. The summed E-state index contributed by atoms with van der Waals surface area (Å²) in [6, 6.07) is 10.5. The molecule has 2 rings (SSSR count). The van der Waals surface area contributed by atoms with E-state index in [9.17, 15) is 19.0 Å². The second-order valence-electron chi connectivity index (χ2n) is 5.38. The zero-order valence-electron chi connectivity index (χ0n) is 11.8. The first-order valence-electron chi connectivity index (χ1n) is 6.73. The maximum absolute atomic E-state index is 13.8. The fourth-order valence-corrected chi connectivity index (χ4v) is 2.46. The number of aliphatic hydroxyl groups excluding tert-OH is 2. The van der Waals surface area contributed by atoms with E-state index in [0.29, 0.717) is 5.56 Å². The quantitative estimate of drug-likeness (QED) is 0.889. The molecule has 4 heteroatoms. The van der Waals surface area contributed by atoms with E-state index in [1.165, 1.54) is 0 Å². The lowest BCUT2D eigenvalue weighted by Crippen LogP contribution is -2.37. The van der Waals surface area contributed by atoms with E-state index in [1.54, 1.807) is 6.07 Å². The van der Waals surface area contributed by atoms with Crippen LogP contribution in [0.25, 0.3) is 0 Å². The van der Waals surface area contributed by atoms with Crippen LogP contribution in [0.1, 0.15) is 16.7 Å². The maximum atomic E-state index is 13.8. The Balaban J connectivity index is 2.45. The van der Waals surface area contributed by atoms with Gasteiger partial charge in [-0.2, -0.15) is 0 Å². The molecule has 2 nitrogen and oxygen atoms in total. The van der Waals surface area contributed by atoms with Crippen LogP contribution in [-0.2, 0) is 11.8 Å². The van der Waals surface area contributed by atoms with Crippen molar-refractivity contribution in [2.75, 3.05) is 13.2 Å². The number of hydrogen-bond donors (Lipinski definition) is 2. The molecule has 0 aromatic heterocycles. The van der Waals surface area contributed by atoms with Gasteiger partial charge in [0.2, 0.25) is 0 Å². The van der Waals surface area contributed by atoms with Crippen molar-refractivity contribution in [3.63, 3.8) is 0 Å². The lowest BCUT2D eigenvalue weighted by atomic mass is 9.76. The first kappa shape index (κ1) is 15.6. The number of halogens is 2. The molecule has 0 radical (unpaired) electrons. The van der Waals surface area contributed by atoms with Crippen LogP contribution in [0, 0.1) is 18.6 Å². The molecule has 0 unspecified atom stereocenters. The Kier molecular flexibility index (Phi) is 4.70. The molecule has 0 aliphatic heterocycles. The maximum Gasteiger partial charge on any atom is 0.126 e. The Morgan fingerprint density at radius 1 is 1.00 bits per heavy atom. The fraction of sp³-hybridized carbons (Fsp3) is 0.294. The van der Waals surface area contributed by atoms with Crippen molar-refractivity contribution in [1.82, 2.24) is 0 Å². The van der Waals surface area contributed by atoms with Gasteiger partial charge in [0.25, 0.3) is 0 Å². The Morgan fingerprint density at radius 3 is 2.33 bits per heavy atom. The minimum absolute atomic E-state index is 0.0209. The van der Waals surface area contributed by atoms with E-state index in [-0.39, 0.29) is 25.2 Å². The third kappa shape index (κ3) is 3.28. The van der Waals surface area contributed by atoms with Gasteiger partial charge in [0.1, 0.15) is 11.6 Å². The van der Waals surface area contributed by atoms with E-state index in [2.05, 4.69) is 0 Å². The minimum atomic E-state index is -1.04. The summed E-state index contributed by atoms with van der Waals surface area (Å²) in [6.07, 6.45) is 0.0209. The van der Waals surface area contributed by atoms with Crippen molar-refractivity contribution >= 4 is 0 Å². The third-order valence-corrected chi connectivity index (χ3v) is 3.77. The molecule has 0 aliphatic carbocycles. The van der Waals surface area contributed by atoms with Crippen molar-refractivity contribution in [3.8, 4) is 0 Å². The molecular weight excluding hydrogens is 274 g/mol. The van der Waals surface area contributed by atoms with Gasteiger partial charge >= 0.3 is 0 Å². The van der Waals surface area contributed by atoms with Gasteiger partial charge in [-0.05, 0) is 42.7 Å². The number of benzene rings is 2. The summed E-state index contributed by atoms with van der Waals surface area (Å²) in [7, 11) is 0. The molecule has 21 heavy (non-hydrogen) atoms. The number of aliphatic hydroxyl groups is 2. The summed E-state index contributed by atoms with van der Waals surface area (Å²) in [5.41, 5.74) is 0.773. The SMILES string of the molecule is Cc1cccc(C(CO)(CO)Cc2cc(F)ccc2F)c1. The molecular formula is C17H18F2O2. The first-order chi connectivity index (χ1) is 10.0. The van der Waals surface area contributed by atoms with Crippen molar-refractivity contribution in [2.45, 2.75) is 18.8 Å². The Bertz CT molecular complexity index is 622. The molecule has 0 atom stereocenters. The monoisotopic (exact) mass is 292 g/mol. The predicted octanol–water partition coefficient (Wildman–Crippen LogP) is 2.74. The van der Waals surface area contributed by atoms with Gasteiger partial charge in [-0.25, -0.2) is 8.78 Å². The standard InChI is InChI=1S/C17H18F2O2/c1-12-3-2-4-14(7-12)17(10-20,11-21)9-13-8-15(18)5-6-16(13)19/h2-8,20-21H,9-11H2,1H3. The molecule has 112 valence electrons. The summed E-state index contributed by atoms with van der Waals surface area (Å²) < 4.78 is 27.1. The average molecular weight is 292 g/mol. The molecule has 0 heterocycles. The molecule has 2 aromatic rings. The number of aryl methyl sites for hydroxylation is 1. The van der Waals surface area contributed by atoms with Gasteiger partial charge < -0.3 is 10.2 Å². The van der Waals surface area contributed by atoms with Crippen LogP contribution in [0.3, 0.4) is 0 Å².